The Labute approximate surface area is 166 Å². The molecule has 2 saturated heterocycles. The highest BCUT2D eigenvalue weighted by Gasteiger charge is 2.52. The van der Waals surface area contributed by atoms with Gasteiger partial charge in [-0.15, -0.1) is 0 Å². The van der Waals surface area contributed by atoms with Crippen molar-refractivity contribution < 1.29 is 9.59 Å². The normalized spacial score (nSPS) is 23.8. The molecule has 2 aromatic carbocycles. The van der Waals surface area contributed by atoms with Crippen molar-refractivity contribution in [2.24, 2.45) is 5.92 Å². The van der Waals surface area contributed by atoms with Crippen molar-refractivity contribution in [3.8, 4) is 0 Å². The highest BCUT2D eigenvalue weighted by Crippen LogP contribution is 2.33. The molecular weight excluding hydrogens is 350 g/mol. The molecule has 0 saturated carbocycles. The minimum Gasteiger partial charge on any atom is -0.319 e. The first-order valence-electron chi connectivity index (χ1n) is 10.0. The van der Waals surface area contributed by atoms with Crippen LogP contribution in [0, 0.1) is 5.92 Å². The number of imide groups is 1. The highest BCUT2D eigenvalue weighted by molar-refractivity contribution is 6.07. The van der Waals surface area contributed by atoms with E-state index in [-0.39, 0.29) is 11.9 Å². The zero-order valence-corrected chi connectivity index (χ0v) is 16.3. The average Bonchev–Trinajstić information content (AvgIpc) is 2.96. The van der Waals surface area contributed by atoms with Crippen molar-refractivity contribution in [2.75, 3.05) is 19.8 Å². The number of likely N-dealkylation sites (tertiary alicyclic amines) is 1. The fourth-order valence-electron chi connectivity index (χ4n) is 4.20. The van der Waals surface area contributed by atoms with E-state index in [1.165, 1.54) is 4.90 Å². The average molecular weight is 377 g/mol. The number of nitrogens with one attached hydrogen (secondary N) is 1. The van der Waals surface area contributed by atoms with Crippen LogP contribution in [0.4, 0.5) is 4.79 Å². The Morgan fingerprint density at radius 1 is 0.964 bits per heavy atom. The minimum atomic E-state index is -1.05. The molecule has 0 radical (unpaired) electrons. The van der Waals surface area contributed by atoms with Gasteiger partial charge in [0.05, 0.1) is 6.67 Å². The lowest BCUT2D eigenvalue weighted by Gasteiger charge is -2.33. The maximum absolute atomic E-state index is 13.6. The summed E-state index contributed by atoms with van der Waals surface area (Å²) in [4.78, 5) is 30.1. The Kier molecular flexibility index (Phi) is 5.18. The molecule has 2 heterocycles. The summed E-state index contributed by atoms with van der Waals surface area (Å²) in [5.74, 6) is 0.548. The number of piperidine rings is 1. The summed E-state index contributed by atoms with van der Waals surface area (Å²) in [5, 5.41) is 3.04. The van der Waals surface area contributed by atoms with Crippen molar-refractivity contribution >= 4 is 11.9 Å². The molecule has 2 aliphatic rings. The van der Waals surface area contributed by atoms with Crippen LogP contribution in [0.15, 0.2) is 60.7 Å². The van der Waals surface area contributed by atoms with Crippen molar-refractivity contribution in [1.29, 1.82) is 0 Å². The Bertz CT molecular complexity index is 831. The number of hydrogen-bond acceptors (Lipinski definition) is 3. The molecule has 2 aliphatic heterocycles. The summed E-state index contributed by atoms with van der Waals surface area (Å²) in [7, 11) is 0. The van der Waals surface area contributed by atoms with Crippen molar-refractivity contribution in [3.05, 3.63) is 71.8 Å². The fraction of sp³-hybridized carbons (Fsp3) is 0.391. The van der Waals surface area contributed by atoms with Gasteiger partial charge < -0.3 is 5.32 Å². The van der Waals surface area contributed by atoms with Crippen LogP contribution in [0.5, 0.6) is 0 Å². The smallest absolute Gasteiger partial charge is 0.319 e. The van der Waals surface area contributed by atoms with Gasteiger partial charge in [-0.25, -0.2) is 9.69 Å². The van der Waals surface area contributed by atoms with Crippen molar-refractivity contribution in [1.82, 2.24) is 15.1 Å². The van der Waals surface area contributed by atoms with Gasteiger partial charge in [-0.05, 0) is 29.9 Å². The third kappa shape index (κ3) is 3.54. The molecular formula is C23H27N3O2. The zero-order chi connectivity index (χ0) is 19.6. The summed E-state index contributed by atoms with van der Waals surface area (Å²) in [5.41, 5.74) is 0.795. The number of carbonyl (C=O) groups excluding carboxylic acids is 2. The van der Waals surface area contributed by atoms with Crippen LogP contribution in [-0.4, -0.2) is 41.5 Å². The molecule has 0 aromatic heterocycles. The maximum Gasteiger partial charge on any atom is 0.326 e. The van der Waals surface area contributed by atoms with E-state index in [9.17, 15) is 9.59 Å². The van der Waals surface area contributed by atoms with Crippen LogP contribution in [-0.2, 0) is 16.8 Å². The van der Waals surface area contributed by atoms with Gasteiger partial charge in [0.1, 0.15) is 0 Å². The molecule has 5 nitrogen and oxygen atoms in total. The van der Waals surface area contributed by atoms with Gasteiger partial charge in [-0.3, -0.25) is 9.69 Å². The molecule has 146 valence electrons. The topological polar surface area (TPSA) is 52.6 Å². The van der Waals surface area contributed by atoms with E-state index in [2.05, 4.69) is 17.1 Å². The lowest BCUT2D eigenvalue weighted by atomic mass is 9.83. The third-order valence-corrected chi connectivity index (χ3v) is 5.97. The molecule has 1 atom stereocenters. The molecule has 0 bridgehead atoms. The molecule has 28 heavy (non-hydrogen) atoms. The van der Waals surface area contributed by atoms with Crippen molar-refractivity contribution in [2.45, 2.75) is 31.7 Å². The second-order valence-electron chi connectivity index (χ2n) is 8.04. The van der Waals surface area contributed by atoms with Crippen LogP contribution < -0.4 is 5.32 Å². The monoisotopic (exact) mass is 377 g/mol. The second kappa shape index (κ2) is 7.76. The van der Waals surface area contributed by atoms with Crippen LogP contribution in [0.25, 0.3) is 0 Å². The first kappa shape index (κ1) is 18.7. The lowest BCUT2D eigenvalue weighted by molar-refractivity contribution is -0.133. The summed E-state index contributed by atoms with van der Waals surface area (Å²) < 4.78 is 0. The van der Waals surface area contributed by atoms with E-state index in [1.54, 1.807) is 0 Å². The maximum atomic E-state index is 13.6. The quantitative estimate of drug-likeness (QED) is 0.813. The van der Waals surface area contributed by atoms with E-state index >= 15 is 0 Å². The van der Waals surface area contributed by atoms with E-state index in [0.29, 0.717) is 19.0 Å². The van der Waals surface area contributed by atoms with Crippen molar-refractivity contribution in [3.63, 3.8) is 0 Å². The molecule has 1 N–H and O–H groups in total. The second-order valence-corrected chi connectivity index (χ2v) is 8.04. The minimum absolute atomic E-state index is 0.161. The molecule has 0 spiro atoms. The molecule has 2 aromatic rings. The Balaban J connectivity index is 1.63. The van der Waals surface area contributed by atoms with Crippen LogP contribution in [0.2, 0.25) is 0 Å². The number of hydrogen-bond donors (Lipinski definition) is 1. The SMILES string of the molecule is CC1CCN(CN2C(=O)NC(Cc3ccccc3)(c3ccccc3)C2=O)CC1. The number of rotatable bonds is 5. The predicted octanol–water partition coefficient (Wildman–Crippen LogP) is 3.37. The molecule has 4 rings (SSSR count). The fourth-order valence-corrected chi connectivity index (χ4v) is 4.20. The van der Waals surface area contributed by atoms with Gasteiger partial charge >= 0.3 is 6.03 Å². The van der Waals surface area contributed by atoms with E-state index in [1.807, 2.05) is 60.7 Å². The Morgan fingerprint density at radius 2 is 1.57 bits per heavy atom. The van der Waals surface area contributed by atoms with Crippen LogP contribution in [0.1, 0.15) is 30.9 Å². The number of carbonyl (C=O) groups is 2. The largest absolute Gasteiger partial charge is 0.326 e. The van der Waals surface area contributed by atoms with Crippen LogP contribution >= 0.6 is 0 Å². The number of nitrogens with zero attached hydrogens (tertiary/aromatic N) is 2. The van der Waals surface area contributed by atoms with E-state index in [0.717, 1.165) is 37.1 Å². The van der Waals surface area contributed by atoms with Gasteiger partial charge in [-0.1, -0.05) is 67.6 Å². The summed E-state index contributed by atoms with van der Waals surface area (Å²) in [6.45, 7) is 4.47. The standard InChI is InChI=1S/C23H27N3O2/c1-18-12-14-25(15-13-18)17-26-21(27)23(24-22(26)28,20-10-6-3-7-11-20)16-19-8-4-2-5-9-19/h2-11,18H,12-17H2,1H3,(H,24,28). The number of benzene rings is 2. The predicted molar refractivity (Wildman–Crippen MR) is 108 cm³/mol. The van der Waals surface area contributed by atoms with Gasteiger partial charge in [0, 0.05) is 19.5 Å². The highest BCUT2D eigenvalue weighted by atomic mass is 16.2. The summed E-state index contributed by atoms with van der Waals surface area (Å²) in [6.07, 6.45) is 2.66. The summed E-state index contributed by atoms with van der Waals surface area (Å²) >= 11 is 0. The molecule has 0 aliphatic carbocycles. The number of urea groups is 1. The van der Waals surface area contributed by atoms with Gasteiger partial charge in [0.15, 0.2) is 5.54 Å². The molecule has 1 unspecified atom stereocenters. The molecule has 5 heteroatoms. The van der Waals surface area contributed by atoms with Gasteiger partial charge in [0.25, 0.3) is 5.91 Å². The summed E-state index contributed by atoms with van der Waals surface area (Å²) in [6, 6.07) is 19.2. The van der Waals surface area contributed by atoms with Gasteiger partial charge in [0.2, 0.25) is 0 Å². The Morgan fingerprint density at radius 3 is 2.21 bits per heavy atom. The first-order valence-corrected chi connectivity index (χ1v) is 10.0. The third-order valence-electron chi connectivity index (χ3n) is 5.97. The number of amides is 3. The van der Waals surface area contributed by atoms with Crippen LogP contribution in [0.3, 0.4) is 0 Å². The first-order chi connectivity index (χ1) is 13.6. The van der Waals surface area contributed by atoms with E-state index < -0.39 is 5.54 Å². The Hall–Kier alpha value is -2.66. The van der Waals surface area contributed by atoms with Gasteiger partial charge in [-0.2, -0.15) is 0 Å². The lowest BCUT2D eigenvalue weighted by Crippen LogP contribution is -2.48. The zero-order valence-electron chi connectivity index (χ0n) is 16.3. The molecule has 2 fully saturated rings. The van der Waals surface area contributed by atoms with E-state index in [4.69, 9.17) is 0 Å². The molecule has 3 amide bonds.